The van der Waals surface area contributed by atoms with Crippen molar-refractivity contribution in [2.75, 3.05) is 0 Å². The van der Waals surface area contributed by atoms with Crippen molar-refractivity contribution in [2.24, 2.45) is 5.92 Å². The molecule has 1 aromatic carbocycles. The molecule has 0 radical (unpaired) electrons. The van der Waals surface area contributed by atoms with Crippen LogP contribution in [0.1, 0.15) is 39.7 Å². The van der Waals surface area contributed by atoms with Crippen molar-refractivity contribution in [2.45, 2.75) is 46.3 Å². The van der Waals surface area contributed by atoms with Gasteiger partial charge in [-0.1, -0.05) is 61.9 Å². The molecule has 174 valence electrons. The Labute approximate surface area is 208 Å². The van der Waals surface area contributed by atoms with E-state index in [9.17, 15) is 14.7 Å². The highest BCUT2D eigenvalue weighted by Gasteiger charge is 2.42. The summed E-state index contributed by atoms with van der Waals surface area (Å²) in [7, 11) is 0. The summed E-state index contributed by atoms with van der Waals surface area (Å²) in [5, 5.41) is 10.2. The summed E-state index contributed by atoms with van der Waals surface area (Å²) in [5.74, 6) is -1.06. The van der Waals surface area contributed by atoms with E-state index in [4.69, 9.17) is 28.6 Å². The minimum absolute atomic E-state index is 0.0229. The first-order chi connectivity index (χ1) is 15.6. The number of carbonyl (C=O) groups is 2. The normalized spacial score (nSPS) is 17.0. The van der Waals surface area contributed by atoms with Crippen molar-refractivity contribution in [3.8, 4) is 17.0 Å². The van der Waals surface area contributed by atoms with Gasteiger partial charge in [-0.15, -0.1) is 0 Å². The summed E-state index contributed by atoms with van der Waals surface area (Å²) in [6.07, 6.45) is 3.97. The van der Waals surface area contributed by atoms with Gasteiger partial charge in [0.05, 0.1) is 21.7 Å². The number of thiocarbonyl (C=S) groups is 1. The van der Waals surface area contributed by atoms with Gasteiger partial charge in [-0.05, 0) is 55.7 Å². The maximum atomic E-state index is 13.0. The van der Waals surface area contributed by atoms with Gasteiger partial charge < -0.3 is 9.84 Å². The maximum absolute atomic E-state index is 13.0. The molecule has 1 N–H and O–H groups in total. The quantitative estimate of drug-likeness (QED) is 0.354. The van der Waals surface area contributed by atoms with Gasteiger partial charge in [-0.25, -0.2) is 4.79 Å². The maximum Gasteiger partial charge on any atom is 0.327 e. The third-order valence-electron chi connectivity index (χ3n) is 5.21. The molecule has 33 heavy (non-hydrogen) atoms. The standard InChI is InChI=1S/C24H25ClN2O4S2/c1-5-14(4)21(23(29)30)27-22(28)20(33-24(27)32)10-15-6-8-18(26-12-15)16-7-9-19(17(25)11-16)31-13(2)3/h6-14,21H,5H2,1-4H3,(H,29,30). The van der Waals surface area contributed by atoms with Gasteiger partial charge >= 0.3 is 5.97 Å². The van der Waals surface area contributed by atoms with E-state index in [0.717, 1.165) is 23.0 Å². The first-order valence-electron chi connectivity index (χ1n) is 10.5. The van der Waals surface area contributed by atoms with Gasteiger partial charge in [-0.2, -0.15) is 0 Å². The summed E-state index contributed by atoms with van der Waals surface area (Å²) in [6.45, 7) is 7.56. The van der Waals surface area contributed by atoms with Crippen LogP contribution in [0.25, 0.3) is 17.3 Å². The highest BCUT2D eigenvalue weighted by atomic mass is 35.5. The van der Waals surface area contributed by atoms with Crippen molar-refractivity contribution in [3.05, 3.63) is 52.0 Å². The Hall–Kier alpha value is -2.42. The average molecular weight is 505 g/mol. The Morgan fingerprint density at radius 3 is 2.58 bits per heavy atom. The van der Waals surface area contributed by atoms with E-state index in [2.05, 4.69) is 4.98 Å². The molecule has 1 aliphatic rings. The zero-order valence-electron chi connectivity index (χ0n) is 18.7. The van der Waals surface area contributed by atoms with Crippen molar-refractivity contribution < 1.29 is 19.4 Å². The molecular weight excluding hydrogens is 480 g/mol. The van der Waals surface area contributed by atoms with E-state index in [-0.39, 0.29) is 16.3 Å². The Kier molecular flexibility index (Phi) is 8.15. The number of carbonyl (C=O) groups excluding carboxylic acids is 1. The molecule has 0 saturated carbocycles. The summed E-state index contributed by atoms with van der Waals surface area (Å²) >= 11 is 12.8. The fraction of sp³-hybridized carbons (Fsp3) is 0.333. The van der Waals surface area contributed by atoms with Gasteiger partial charge in [0.15, 0.2) is 0 Å². The molecule has 2 atom stereocenters. The van der Waals surface area contributed by atoms with Crippen molar-refractivity contribution in [3.63, 3.8) is 0 Å². The molecule has 1 amide bonds. The lowest BCUT2D eigenvalue weighted by molar-refractivity contribution is -0.147. The number of aliphatic carboxylic acids is 1. The second kappa shape index (κ2) is 10.7. The van der Waals surface area contributed by atoms with Gasteiger partial charge in [-0.3, -0.25) is 14.7 Å². The fourth-order valence-corrected chi connectivity index (χ4v) is 4.93. The van der Waals surface area contributed by atoms with Crippen LogP contribution in [0.3, 0.4) is 0 Å². The van der Waals surface area contributed by atoms with Crippen LogP contribution in [0, 0.1) is 5.92 Å². The minimum atomic E-state index is -1.06. The van der Waals surface area contributed by atoms with Gasteiger partial charge in [0.1, 0.15) is 16.1 Å². The smallest absolute Gasteiger partial charge is 0.327 e. The van der Waals surface area contributed by atoms with E-state index in [1.807, 2.05) is 45.0 Å². The van der Waals surface area contributed by atoms with Crippen LogP contribution >= 0.6 is 35.6 Å². The number of hydrogen-bond acceptors (Lipinski definition) is 6. The number of carboxylic acids is 1. The first kappa shape index (κ1) is 25.2. The lowest BCUT2D eigenvalue weighted by Crippen LogP contribution is -2.47. The number of halogens is 1. The molecule has 3 rings (SSSR count). The zero-order chi connectivity index (χ0) is 24.3. The molecule has 0 aliphatic carbocycles. The number of thioether (sulfide) groups is 1. The number of nitrogens with zero attached hydrogens (tertiary/aromatic N) is 2. The zero-order valence-corrected chi connectivity index (χ0v) is 21.1. The number of aromatic nitrogens is 1. The van der Waals surface area contributed by atoms with Gasteiger partial charge in [0, 0.05) is 11.8 Å². The average Bonchev–Trinajstić information content (AvgIpc) is 3.03. The molecule has 2 heterocycles. The number of rotatable bonds is 8. The molecule has 2 unspecified atom stereocenters. The van der Waals surface area contributed by atoms with Crippen molar-refractivity contribution >= 4 is 57.9 Å². The third kappa shape index (κ3) is 5.75. The lowest BCUT2D eigenvalue weighted by Gasteiger charge is -2.27. The monoisotopic (exact) mass is 504 g/mol. The summed E-state index contributed by atoms with van der Waals surface area (Å²) in [4.78, 5) is 30.8. The molecular formula is C24H25ClN2O4S2. The number of carboxylic acid groups (broad SMARTS) is 1. The van der Waals surface area contributed by atoms with Crippen LogP contribution in [0.2, 0.25) is 5.02 Å². The van der Waals surface area contributed by atoms with Crippen LogP contribution in [0.15, 0.2) is 41.4 Å². The molecule has 2 aromatic rings. The van der Waals surface area contributed by atoms with Crippen molar-refractivity contribution in [1.82, 2.24) is 9.88 Å². The highest BCUT2D eigenvalue weighted by Crippen LogP contribution is 2.36. The number of benzene rings is 1. The predicted molar refractivity (Wildman–Crippen MR) is 136 cm³/mol. The fourth-order valence-electron chi connectivity index (χ4n) is 3.37. The second-order valence-corrected chi connectivity index (χ2v) is 10.1. The van der Waals surface area contributed by atoms with Crippen LogP contribution in [-0.2, 0) is 9.59 Å². The number of pyridine rings is 1. The van der Waals surface area contributed by atoms with Crippen LogP contribution < -0.4 is 4.74 Å². The molecule has 0 bridgehead atoms. The largest absolute Gasteiger partial charge is 0.489 e. The Morgan fingerprint density at radius 1 is 1.30 bits per heavy atom. The van der Waals surface area contributed by atoms with Crippen LogP contribution in [0.5, 0.6) is 5.75 Å². The molecule has 6 nitrogen and oxygen atoms in total. The van der Waals surface area contributed by atoms with Gasteiger partial charge in [0.2, 0.25) is 0 Å². The van der Waals surface area contributed by atoms with Crippen LogP contribution in [0.4, 0.5) is 0 Å². The van der Waals surface area contributed by atoms with E-state index in [1.54, 1.807) is 25.3 Å². The second-order valence-electron chi connectivity index (χ2n) is 8.01. The Bertz CT molecular complexity index is 1100. The molecule has 1 aromatic heterocycles. The summed E-state index contributed by atoms with van der Waals surface area (Å²) in [6, 6.07) is 8.19. The topological polar surface area (TPSA) is 79.7 Å². The minimum Gasteiger partial charge on any atom is -0.489 e. The Balaban J connectivity index is 1.81. The van der Waals surface area contributed by atoms with Crippen molar-refractivity contribution in [1.29, 1.82) is 0 Å². The number of hydrogen-bond donors (Lipinski definition) is 1. The van der Waals surface area contributed by atoms with E-state index < -0.39 is 17.9 Å². The summed E-state index contributed by atoms with van der Waals surface area (Å²) < 4.78 is 5.92. The summed E-state index contributed by atoms with van der Waals surface area (Å²) in [5.41, 5.74) is 2.27. The predicted octanol–water partition coefficient (Wildman–Crippen LogP) is 5.89. The SMILES string of the molecule is CCC(C)C(C(=O)O)N1C(=O)C(=Cc2ccc(-c3ccc(OC(C)C)c(Cl)c3)nc2)SC1=S. The lowest BCUT2D eigenvalue weighted by atomic mass is 9.98. The molecule has 1 aliphatic heterocycles. The molecule has 0 spiro atoms. The molecule has 1 saturated heterocycles. The molecule has 1 fully saturated rings. The van der Waals surface area contributed by atoms with Crippen LogP contribution in [-0.4, -0.2) is 43.3 Å². The number of amides is 1. The third-order valence-corrected chi connectivity index (χ3v) is 6.84. The van der Waals surface area contributed by atoms with Gasteiger partial charge in [0.25, 0.3) is 5.91 Å². The molecule has 9 heteroatoms. The van der Waals surface area contributed by atoms with E-state index in [1.165, 1.54) is 4.90 Å². The first-order valence-corrected chi connectivity index (χ1v) is 12.1. The highest BCUT2D eigenvalue weighted by molar-refractivity contribution is 8.26. The Morgan fingerprint density at radius 2 is 2.03 bits per heavy atom. The number of ether oxygens (including phenoxy) is 1. The van der Waals surface area contributed by atoms with E-state index in [0.29, 0.717) is 27.7 Å². The van der Waals surface area contributed by atoms with E-state index >= 15 is 0 Å².